The molecule has 3 nitrogen and oxygen atoms in total. The van der Waals surface area contributed by atoms with Crippen molar-refractivity contribution in [2.75, 3.05) is 12.9 Å². The van der Waals surface area contributed by atoms with E-state index in [2.05, 4.69) is 0 Å². The molecule has 1 aromatic rings. The monoisotopic (exact) mass is 224 g/mol. The molecule has 1 unspecified atom stereocenters. The zero-order chi connectivity index (χ0) is 11.0. The molecule has 80 valence electrons. The van der Waals surface area contributed by atoms with Crippen LogP contribution in [0.3, 0.4) is 0 Å². The van der Waals surface area contributed by atoms with Gasteiger partial charge in [0.15, 0.2) is 0 Å². The van der Waals surface area contributed by atoms with Crippen molar-refractivity contribution in [2.45, 2.75) is 17.9 Å². The number of hydrogen-bond donors (Lipinski definition) is 1. The zero-order valence-electron chi connectivity index (χ0n) is 8.61. The van der Waals surface area contributed by atoms with Gasteiger partial charge in [-0.15, -0.1) is 11.8 Å². The number of aliphatic hydroxyl groups excluding tert-OH is 1. The van der Waals surface area contributed by atoms with Crippen LogP contribution in [0.2, 0.25) is 0 Å². The number of methoxy groups -OCH3 is 1. The van der Waals surface area contributed by atoms with Crippen LogP contribution in [0.4, 0.5) is 0 Å². The molecule has 0 saturated heterocycles. The predicted molar refractivity (Wildman–Crippen MR) is 58.2 cm³/mol. The average Bonchev–Trinajstić information content (AvgIpc) is 2.58. The van der Waals surface area contributed by atoms with E-state index >= 15 is 0 Å². The van der Waals surface area contributed by atoms with E-state index in [1.807, 2.05) is 13.0 Å². The van der Waals surface area contributed by atoms with Gasteiger partial charge in [0.1, 0.15) is 0 Å². The first kappa shape index (κ1) is 10.5. The van der Waals surface area contributed by atoms with E-state index in [1.165, 1.54) is 7.11 Å². The molecular weight excluding hydrogens is 212 g/mol. The second-order valence-corrected chi connectivity index (χ2v) is 4.59. The van der Waals surface area contributed by atoms with E-state index in [-0.39, 0.29) is 5.97 Å². The Labute approximate surface area is 92.4 Å². The van der Waals surface area contributed by atoms with Gasteiger partial charge in [0.05, 0.1) is 18.8 Å². The van der Waals surface area contributed by atoms with Crippen LogP contribution in [-0.4, -0.2) is 23.9 Å². The summed E-state index contributed by atoms with van der Waals surface area (Å²) in [6.07, 6.45) is -0.407. The zero-order valence-corrected chi connectivity index (χ0v) is 9.43. The molecular formula is C11H12O3S. The molecule has 1 aromatic carbocycles. The van der Waals surface area contributed by atoms with Crippen molar-refractivity contribution in [1.82, 2.24) is 0 Å². The van der Waals surface area contributed by atoms with Gasteiger partial charge in [0.25, 0.3) is 0 Å². The molecule has 0 spiro atoms. The fourth-order valence-electron chi connectivity index (χ4n) is 1.68. The first-order valence-corrected chi connectivity index (χ1v) is 5.65. The van der Waals surface area contributed by atoms with Crippen LogP contribution in [0, 0.1) is 6.92 Å². The van der Waals surface area contributed by atoms with Gasteiger partial charge in [-0.25, -0.2) is 4.79 Å². The number of aliphatic hydroxyl groups is 1. The molecule has 1 heterocycles. The molecule has 15 heavy (non-hydrogen) atoms. The normalized spacial score (nSPS) is 18.7. The van der Waals surface area contributed by atoms with Gasteiger partial charge in [-0.3, -0.25) is 0 Å². The summed E-state index contributed by atoms with van der Waals surface area (Å²) >= 11 is 1.57. The molecule has 1 N–H and O–H groups in total. The Kier molecular flexibility index (Phi) is 2.71. The molecule has 1 aliphatic rings. The molecule has 4 heteroatoms. The third-order valence-electron chi connectivity index (χ3n) is 2.52. The largest absolute Gasteiger partial charge is 0.465 e. The molecule has 0 amide bonds. The van der Waals surface area contributed by atoms with Crippen molar-refractivity contribution in [3.63, 3.8) is 0 Å². The number of ether oxygens (including phenoxy) is 1. The van der Waals surface area contributed by atoms with Crippen molar-refractivity contribution in [1.29, 1.82) is 0 Å². The second-order valence-electron chi connectivity index (χ2n) is 3.52. The summed E-state index contributed by atoms with van der Waals surface area (Å²) in [5.41, 5.74) is 2.35. The van der Waals surface area contributed by atoms with E-state index in [4.69, 9.17) is 4.74 Å². The van der Waals surface area contributed by atoms with Crippen LogP contribution in [0.15, 0.2) is 17.0 Å². The van der Waals surface area contributed by atoms with Crippen LogP contribution in [0.1, 0.15) is 27.6 Å². The van der Waals surface area contributed by atoms with Gasteiger partial charge in [-0.05, 0) is 24.1 Å². The maximum Gasteiger partial charge on any atom is 0.338 e. The number of rotatable bonds is 1. The number of esters is 1. The number of hydrogen-bond acceptors (Lipinski definition) is 4. The highest BCUT2D eigenvalue weighted by Crippen LogP contribution is 2.39. The maximum absolute atomic E-state index is 11.4. The summed E-state index contributed by atoms with van der Waals surface area (Å²) in [5, 5.41) is 9.66. The minimum absolute atomic E-state index is 0.322. The highest BCUT2D eigenvalue weighted by molar-refractivity contribution is 7.99. The minimum atomic E-state index is -0.407. The Morgan fingerprint density at radius 1 is 1.60 bits per heavy atom. The summed E-state index contributed by atoms with van der Waals surface area (Å²) in [5.74, 6) is 0.344. The number of thioether (sulfide) groups is 1. The molecule has 2 rings (SSSR count). The first-order chi connectivity index (χ1) is 7.13. The van der Waals surface area contributed by atoms with Crippen molar-refractivity contribution >= 4 is 17.7 Å². The summed E-state index contributed by atoms with van der Waals surface area (Å²) in [6, 6.07) is 3.67. The molecule has 1 aliphatic heterocycles. The maximum atomic E-state index is 11.4. The van der Waals surface area contributed by atoms with Crippen molar-refractivity contribution in [2.24, 2.45) is 0 Å². The van der Waals surface area contributed by atoms with Gasteiger partial charge < -0.3 is 9.84 Å². The number of carbonyl (C=O) groups excluding carboxylic acids is 1. The second kappa shape index (κ2) is 3.87. The van der Waals surface area contributed by atoms with Gasteiger partial charge in [0, 0.05) is 10.6 Å². The Morgan fingerprint density at radius 2 is 2.33 bits per heavy atom. The van der Waals surface area contributed by atoms with E-state index in [0.717, 1.165) is 16.0 Å². The predicted octanol–water partition coefficient (Wildman–Crippen LogP) is 1.92. The Hall–Kier alpha value is -1.00. The van der Waals surface area contributed by atoms with Gasteiger partial charge in [-0.2, -0.15) is 0 Å². The van der Waals surface area contributed by atoms with Gasteiger partial charge in [0.2, 0.25) is 0 Å². The first-order valence-electron chi connectivity index (χ1n) is 4.67. The summed E-state index contributed by atoms with van der Waals surface area (Å²) < 4.78 is 4.69. The van der Waals surface area contributed by atoms with Crippen LogP contribution >= 0.6 is 11.8 Å². The van der Waals surface area contributed by atoms with E-state index in [1.54, 1.807) is 17.8 Å². The number of carbonyl (C=O) groups is 1. The van der Waals surface area contributed by atoms with Crippen LogP contribution in [0.5, 0.6) is 0 Å². The minimum Gasteiger partial charge on any atom is -0.465 e. The van der Waals surface area contributed by atoms with Gasteiger partial charge >= 0.3 is 5.97 Å². The van der Waals surface area contributed by atoms with Gasteiger partial charge in [-0.1, -0.05) is 6.07 Å². The molecule has 0 saturated carbocycles. The van der Waals surface area contributed by atoms with Crippen LogP contribution in [-0.2, 0) is 4.74 Å². The standard InChI is InChI=1S/C11H12O3S/c1-6-3-8-9(12)5-15-10(8)4-7(6)11(13)14-2/h3-4,9,12H,5H2,1-2H3. The topological polar surface area (TPSA) is 46.5 Å². The average molecular weight is 224 g/mol. The van der Waals surface area contributed by atoms with E-state index < -0.39 is 6.10 Å². The highest BCUT2D eigenvalue weighted by Gasteiger charge is 2.23. The fourth-order valence-corrected chi connectivity index (χ4v) is 2.76. The highest BCUT2D eigenvalue weighted by atomic mass is 32.2. The summed E-state index contributed by atoms with van der Waals surface area (Å²) in [4.78, 5) is 12.4. The molecule has 0 radical (unpaired) electrons. The van der Waals surface area contributed by atoms with Crippen molar-refractivity contribution in [3.05, 3.63) is 28.8 Å². The number of benzene rings is 1. The van der Waals surface area contributed by atoms with E-state index in [0.29, 0.717) is 11.3 Å². The quantitative estimate of drug-likeness (QED) is 0.740. The Bertz CT molecular complexity index is 415. The lowest BCUT2D eigenvalue weighted by Crippen LogP contribution is -2.05. The number of aryl methyl sites for hydroxylation is 1. The SMILES string of the molecule is COC(=O)c1cc2c(cc1C)C(O)CS2. The third kappa shape index (κ3) is 1.75. The van der Waals surface area contributed by atoms with E-state index in [9.17, 15) is 9.90 Å². The molecule has 0 bridgehead atoms. The molecule has 0 aliphatic carbocycles. The molecule has 1 atom stereocenters. The molecule has 0 fully saturated rings. The lowest BCUT2D eigenvalue weighted by molar-refractivity contribution is 0.0599. The fraction of sp³-hybridized carbons (Fsp3) is 0.364. The lowest BCUT2D eigenvalue weighted by Gasteiger charge is -2.08. The number of fused-ring (bicyclic) bond motifs is 1. The van der Waals surface area contributed by atoms with Crippen LogP contribution < -0.4 is 0 Å². The van der Waals surface area contributed by atoms with Crippen molar-refractivity contribution < 1.29 is 14.6 Å². The van der Waals surface area contributed by atoms with Crippen LogP contribution in [0.25, 0.3) is 0 Å². The Morgan fingerprint density at radius 3 is 3.00 bits per heavy atom. The lowest BCUT2D eigenvalue weighted by atomic mass is 10.0. The molecule has 0 aromatic heterocycles. The Balaban J connectivity index is 2.49. The summed E-state index contributed by atoms with van der Waals surface area (Å²) in [7, 11) is 1.37. The summed E-state index contributed by atoms with van der Waals surface area (Å²) in [6.45, 7) is 1.85. The smallest absolute Gasteiger partial charge is 0.338 e. The van der Waals surface area contributed by atoms with Crippen molar-refractivity contribution in [3.8, 4) is 0 Å². The third-order valence-corrected chi connectivity index (χ3v) is 3.66.